The standard InChI is InChI=1S/C32H37Cl2F5N6O2/c1-30(2,3)28(47)41-14-18-6-9-21(33)26(25(18)34)43-29-42-22-12-20(27(40)46)23(44-11-10-31(35,36)16-44)13-24(22)45(29)15-17-4-7-19(8-5-17)32(37,38)39/h6,9,12-13,17,19H,4-5,7-8,10-11,14-16H2,1-3H3,(H2,40,46)(H,41,47)(H,42,43). The largest absolute Gasteiger partial charge is 0.391 e. The average molecular weight is 704 g/mol. The number of primary amides is 1. The van der Waals surface area contributed by atoms with Crippen molar-refractivity contribution in [3.05, 3.63) is 45.4 Å². The summed E-state index contributed by atoms with van der Waals surface area (Å²) in [4.78, 5) is 31.1. The quantitative estimate of drug-likeness (QED) is 0.206. The van der Waals surface area contributed by atoms with E-state index in [4.69, 9.17) is 33.9 Å². The Morgan fingerprint density at radius 2 is 1.77 bits per heavy atom. The SMILES string of the molecule is CC(C)(C)C(=O)NCc1ccc(Cl)c(Nc2nc3cc(C(N)=O)c(N4CCC(F)(F)C4)cc3n2CC2CCC(C(F)(F)F)CC2)c1Cl. The smallest absolute Gasteiger partial charge is 0.366 e. The van der Waals surface area contributed by atoms with Crippen LogP contribution in [0.3, 0.4) is 0 Å². The molecule has 4 N–H and O–H groups in total. The maximum Gasteiger partial charge on any atom is 0.391 e. The molecular formula is C32H37Cl2F5N6O2. The van der Waals surface area contributed by atoms with Gasteiger partial charge < -0.3 is 25.8 Å². The summed E-state index contributed by atoms with van der Waals surface area (Å²) in [5.74, 6) is -5.22. The molecule has 8 nitrogen and oxygen atoms in total. The van der Waals surface area contributed by atoms with Gasteiger partial charge >= 0.3 is 6.18 Å². The summed E-state index contributed by atoms with van der Waals surface area (Å²) in [6, 6.07) is 6.31. The highest BCUT2D eigenvalue weighted by atomic mass is 35.5. The van der Waals surface area contributed by atoms with Crippen LogP contribution in [0.25, 0.3) is 11.0 Å². The minimum atomic E-state index is -4.26. The summed E-state index contributed by atoms with van der Waals surface area (Å²) in [5.41, 5.74) is 6.94. The van der Waals surface area contributed by atoms with Gasteiger partial charge in [-0.2, -0.15) is 13.2 Å². The van der Waals surface area contributed by atoms with Crippen LogP contribution in [0.5, 0.6) is 0 Å². The summed E-state index contributed by atoms with van der Waals surface area (Å²) in [6.45, 7) is 5.12. The molecule has 47 heavy (non-hydrogen) atoms. The van der Waals surface area contributed by atoms with E-state index in [1.807, 2.05) is 0 Å². The van der Waals surface area contributed by atoms with Crippen LogP contribution in [0.4, 0.5) is 39.3 Å². The van der Waals surface area contributed by atoms with Gasteiger partial charge in [0.15, 0.2) is 0 Å². The summed E-state index contributed by atoms with van der Waals surface area (Å²) in [7, 11) is 0. The Kier molecular flexibility index (Phi) is 9.64. The molecule has 1 aliphatic heterocycles. The molecule has 1 saturated carbocycles. The van der Waals surface area contributed by atoms with Crippen LogP contribution in [0.2, 0.25) is 10.0 Å². The maximum absolute atomic E-state index is 14.2. The van der Waals surface area contributed by atoms with Crippen LogP contribution in [-0.4, -0.2) is 46.6 Å². The number of aromatic nitrogens is 2. The molecule has 2 amide bonds. The number of fused-ring (bicyclic) bond motifs is 1. The average Bonchev–Trinajstić information content (AvgIpc) is 3.51. The second-order valence-electron chi connectivity index (χ2n) is 13.5. The van der Waals surface area contributed by atoms with E-state index in [-0.39, 0.29) is 83.7 Å². The third-order valence-corrected chi connectivity index (χ3v) is 9.67. The number of amides is 2. The molecule has 0 radical (unpaired) electrons. The van der Waals surface area contributed by atoms with Crippen molar-refractivity contribution in [3.8, 4) is 0 Å². The minimum absolute atomic E-state index is 0.00322. The molecule has 2 heterocycles. The normalized spacial score (nSPS) is 20.1. The number of carbonyl (C=O) groups is 2. The summed E-state index contributed by atoms with van der Waals surface area (Å²) >= 11 is 13.4. The highest BCUT2D eigenvalue weighted by molar-refractivity contribution is 6.39. The molecule has 2 fully saturated rings. The number of halogens is 7. The van der Waals surface area contributed by atoms with Crippen molar-refractivity contribution in [1.82, 2.24) is 14.9 Å². The predicted molar refractivity (Wildman–Crippen MR) is 173 cm³/mol. The number of hydrogen-bond acceptors (Lipinski definition) is 5. The van der Waals surface area contributed by atoms with Gasteiger partial charge in [0.05, 0.1) is 50.5 Å². The molecule has 2 aromatic carbocycles. The first-order valence-corrected chi connectivity index (χ1v) is 16.2. The molecule has 0 unspecified atom stereocenters. The molecule has 256 valence electrons. The van der Waals surface area contributed by atoms with Crippen LogP contribution in [0, 0.1) is 17.3 Å². The number of nitrogens with one attached hydrogen (secondary N) is 2. The summed E-state index contributed by atoms with van der Waals surface area (Å²) in [6.07, 6.45) is -4.03. The van der Waals surface area contributed by atoms with Crippen molar-refractivity contribution < 1.29 is 31.5 Å². The fourth-order valence-electron chi connectivity index (χ4n) is 6.17. The Labute approximate surface area is 279 Å². The first-order valence-electron chi connectivity index (χ1n) is 15.4. The number of benzene rings is 2. The predicted octanol–water partition coefficient (Wildman–Crippen LogP) is 8.06. The molecule has 2 aliphatic rings. The van der Waals surface area contributed by atoms with Gasteiger partial charge in [-0.25, -0.2) is 13.8 Å². The number of nitrogens with zero attached hydrogens (tertiary/aromatic N) is 3. The van der Waals surface area contributed by atoms with E-state index in [2.05, 4.69) is 10.6 Å². The summed E-state index contributed by atoms with van der Waals surface area (Å²) < 4.78 is 70.4. The first-order chi connectivity index (χ1) is 21.8. The van der Waals surface area contributed by atoms with Crippen LogP contribution >= 0.6 is 23.2 Å². The van der Waals surface area contributed by atoms with Crippen molar-refractivity contribution in [1.29, 1.82) is 0 Å². The lowest BCUT2D eigenvalue weighted by Crippen LogP contribution is -2.34. The molecule has 15 heteroatoms. The number of imidazole rings is 1. The molecule has 0 atom stereocenters. The molecule has 0 spiro atoms. The Balaban J connectivity index is 1.55. The van der Waals surface area contributed by atoms with Gasteiger partial charge in [-0.15, -0.1) is 0 Å². The molecule has 3 aromatic rings. The fraction of sp³-hybridized carbons (Fsp3) is 0.531. The van der Waals surface area contributed by atoms with Crippen LogP contribution < -0.4 is 21.3 Å². The fourth-order valence-corrected chi connectivity index (χ4v) is 6.70. The van der Waals surface area contributed by atoms with Crippen molar-refractivity contribution in [2.24, 2.45) is 23.0 Å². The van der Waals surface area contributed by atoms with E-state index in [1.54, 1.807) is 43.5 Å². The highest BCUT2D eigenvalue weighted by Gasteiger charge is 2.42. The monoisotopic (exact) mass is 702 g/mol. The van der Waals surface area contributed by atoms with Crippen molar-refractivity contribution in [3.63, 3.8) is 0 Å². The van der Waals surface area contributed by atoms with E-state index in [0.29, 0.717) is 29.4 Å². The second-order valence-corrected chi connectivity index (χ2v) is 14.3. The van der Waals surface area contributed by atoms with Gasteiger partial charge in [0.25, 0.3) is 11.8 Å². The molecule has 0 bridgehead atoms. The first kappa shape index (κ1) is 35.0. The van der Waals surface area contributed by atoms with Gasteiger partial charge in [0.1, 0.15) is 0 Å². The van der Waals surface area contributed by atoms with Crippen molar-refractivity contribution >= 4 is 63.4 Å². The molecule has 1 aromatic heterocycles. The van der Waals surface area contributed by atoms with Gasteiger partial charge in [0.2, 0.25) is 11.9 Å². The van der Waals surface area contributed by atoms with E-state index in [1.165, 1.54) is 11.0 Å². The van der Waals surface area contributed by atoms with Crippen LogP contribution in [0.15, 0.2) is 24.3 Å². The lowest BCUT2D eigenvalue weighted by Gasteiger charge is -2.30. The van der Waals surface area contributed by atoms with E-state index < -0.39 is 35.9 Å². The molecule has 1 saturated heterocycles. The molecule has 5 rings (SSSR count). The second kappa shape index (κ2) is 12.9. The van der Waals surface area contributed by atoms with Gasteiger partial charge in [-0.3, -0.25) is 9.59 Å². The van der Waals surface area contributed by atoms with E-state index in [9.17, 15) is 31.5 Å². The maximum atomic E-state index is 14.2. The summed E-state index contributed by atoms with van der Waals surface area (Å²) in [5, 5.41) is 6.48. The van der Waals surface area contributed by atoms with Crippen molar-refractivity contribution in [2.75, 3.05) is 23.3 Å². The van der Waals surface area contributed by atoms with E-state index >= 15 is 0 Å². The number of nitrogens with two attached hydrogens (primary N) is 1. The van der Waals surface area contributed by atoms with Gasteiger partial charge in [-0.1, -0.05) is 50.0 Å². The van der Waals surface area contributed by atoms with Gasteiger partial charge in [-0.05, 0) is 55.4 Å². The Morgan fingerprint density at radius 3 is 2.34 bits per heavy atom. The lowest BCUT2D eigenvalue weighted by molar-refractivity contribution is -0.184. The minimum Gasteiger partial charge on any atom is -0.366 e. The Hall–Kier alpha value is -3.32. The van der Waals surface area contributed by atoms with Gasteiger partial charge in [0, 0.05) is 31.5 Å². The number of carbonyl (C=O) groups excluding carboxylic acids is 2. The number of anilines is 3. The van der Waals surface area contributed by atoms with Crippen molar-refractivity contribution in [2.45, 2.75) is 78.1 Å². The van der Waals surface area contributed by atoms with Crippen LogP contribution in [0.1, 0.15) is 68.8 Å². The van der Waals surface area contributed by atoms with Crippen LogP contribution in [-0.2, 0) is 17.9 Å². The Morgan fingerprint density at radius 1 is 1.09 bits per heavy atom. The topological polar surface area (TPSA) is 105 Å². The number of hydrogen-bond donors (Lipinski definition) is 3. The zero-order valence-corrected chi connectivity index (χ0v) is 27.7. The lowest BCUT2D eigenvalue weighted by atomic mass is 9.81. The third kappa shape index (κ3) is 7.72. The number of alkyl halides is 5. The highest BCUT2D eigenvalue weighted by Crippen LogP contribution is 2.42. The molecular weight excluding hydrogens is 666 g/mol. The number of rotatable bonds is 8. The molecule has 1 aliphatic carbocycles. The third-order valence-electron chi connectivity index (χ3n) is 8.92. The zero-order valence-electron chi connectivity index (χ0n) is 26.2. The van der Waals surface area contributed by atoms with E-state index in [0.717, 1.165) is 0 Å². The zero-order chi connectivity index (χ0) is 34.5. The Bertz CT molecular complexity index is 1680.